The van der Waals surface area contributed by atoms with Crippen LogP contribution in [0, 0.1) is 0 Å². The van der Waals surface area contributed by atoms with E-state index in [0.29, 0.717) is 6.42 Å². The van der Waals surface area contributed by atoms with Gasteiger partial charge in [0.1, 0.15) is 17.1 Å². The number of carboxylic acids is 1. The molecule has 0 aliphatic heterocycles. The zero-order valence-electron chi connectivity index (χ0n) is 7.37. The molecule has 0 aliphatic carbocycles. The van der Waals surface area contributed by atoms with Crippen molar-refractivity contribution >= 4 is 5.97 Å². The van der Waals surface area contributed by atoms with Gasteiger partial charge in [0.25, 0.3) is 6.43 Å². The Hall–Kier alpha value is -1.59. The van der Waals surface area contributed by atoms with Crippen molar-refractivity contribution in [1.29, 1.82) is 0 Å². The Balaban J connectivity index is 3.24. The quantitative estimate of drug-likeness (QED) is 0.809. The number of carboxylic acid groups (broad SMARTS) is 1. The van der Waals surface area contributed by atoms with Gasteiger partial charge < -0.3 is 5.11 Å². The van der Waals surface area contributed by atoms with Crippen molar-refractivity contribution in [3.63, 3.8) is 0 Å². The minimum atomic E-state index is -2.89. The molecule has 1 aromatic rings. The molecule has 0 saturated heterocycles. The molecule has 4 nitrogen and oxygen atoms in total. The number of alkyl halides is 2. The summed E-state index contributed by atoms with van der Waals surface area (Å²) in [7, 11) is 0. The molecule has 0 unspecified atom stereocenters. The second-order valence-corrected chi connectivity index (χ2v) is 2.54. The van der Waals surface area contributed by atoms with Crippen molar-refractivity contribution in [1.82, 2.24) is 9.97 Å². The molecule has 1 rings (SSSR count). The molecule has 0 amide bonds. The Morgan fingerprint density at radius 1 is 1.64 bits per heavy atom. The van der Waals surface area contributed by atoms with Gasteiger partial charge in [0.15, 0.2) is 0 Å². The van der Waals surface area contributed by atoms with Crippen LogP contribution in [0.15, 0.2) is 6.20 Å². The van der Waals surface area contributed by atoms with E-state index in [1.54, 1.807) is 6.92 Å². The van der Waals surface area contributed by atoms with E-state index in [4.69, 9.17) is 5.11 Å². The molecule has 0 aliphatic rings. The number of hydrogen-bond donors (Lipinski definition) is 1. The van der Waals surface area contributed by atoms with Gasteiger partial charge in [-0.3, -0.25) is 0 Å². The van der Waals surface area contributed by atoms with Crippen LogP contribution in [0.25, 0.3) is 0 Å². The highest BCUT2D eigenvalue weighted by Gasteiger charge is 2.20. The number of aryl methyl sites for hydroxylation is 1. The summed E-state index contributed by atoms with van der Waals surface area (Å²) in [4.78, 5) is 17.6. The summed E-state index contributed by atoms with van der Waals surface area (Å²) in [6, 6.07) is 0. The molecular formula is C8H8F2N2O2. The SMILES string of the molecule is CCc1ncc(C(=O)O)c(C(F)F)n1. The average molecular weight is 202 g/mol. The topological polar surface area (TPSA) is 63.1 Å². The van der Waals surface area contributed by atoms with Crippen molar-refractivity contribution in [2.45, 2.75) is 19.8 Å². The van der Waals surface area contributed by atoms with Crippen molar-refractivity contribution < 1.29 is 18.7 Å². The van der Waals surface area contributed by atoms with Gasteiger partial charge in [0.05, 0.1) is 0 Å². The smallest absolute Gasteiger partial charge is 0.339 e. The van der Waals surface area contributed by atoms with E-state index in [9.17, 15) is 13.6 Å². The van der Waals surface area contributed by atoms with Gasteiger partial charge in [-0.1, -0.05) is 6.92 Å². The monoisotopic (exact) mass is 202 g/mol. The predicted molar refractivity (Wildman–Crippen MR) is 43.3 cm³/mol. The highest BCUT2D eigenvalue weighted by Crippen LogP contribution is 2.20. The van der Waals surface area contributed by atoms with Gasteiger partial charge >= 0.3 is 5.97 Å². The van der Waals surface area contributed by atoms with E-state index in [2.05, 4.69) is 9.97 Å². The fraction of sp³-hybridized carbons (Fsp3) is 0.375. The number of carbonyl (C=O) groups is 1. The Labute approximate surface area is 78.6 Å². The van der Waals surface area contributed by atoms with Gasteiger partial charge in [0.2, 0.25) is 0 Å². The lowest BCUT2D eigenvalue weighted by atomic mass is 10.2. The van der Waals surface area contributed by atoms with Crippen LogP contribution in [0.4, 0.5) is 8.78 Å². The van der Waals surface area contributed by atoms with Gasteiger partial charge in [-0.15, -0.1) is 0 Å². The second kappa shape index (κ2) is 4.08. The van der Waals surface area contributed by atoms with Crippen molar-refractivity contribution in [3.05, 3.63) is 23.3 Å². The number of aromatic carboxylic acids is 1. The third kappa shape index (κ3) is 2.01. The number of rotatable bonds is 3. The number of halogens is 2. The van der Waals surface area contributed by atoms with E-state index < -0.39 is 23.7 Å². The Kier molecular flexibility index (Phi) is 3.06. The molecule has 1 N–H and O–H groups in total. The number of hydrogen-bond acceptors (Lipinski definition) is 3. The van der Waals surface area contributed by atoms with Crippen LogP contribution < -0.4 is 0 Å². The third-order valence-electron chi connectivity index (χ3n) is 1.62. The molecule has 76 valence electrons. The van der Waals surface area contributed by atoms with Crippen LogP contribution in [-0.2, 0) is 6.42 Å². The van der Waals surface area contributed by atoms with Gasteiger partial charge in [0, 0.05) is 12.6 Å². The molecule has 0 aromatic carbocycles. The lowest BCUT2D eigenvalue weighted by Crippen LogP contribution is -2.09. The summed E-state index contributed by atoms with van der Waals surface area (Å²) >= 11 is 0. The van der Waals surface area contributed by atoms with Crippen LogP contribution in [0.5, 0.6) is 0 Å². The fourth-order valence-electron chi connectivity index (χ4n) is 0.935. The summed E-state index contributed by atoms with van der Waals surface area (Å²) in [6.07, 6.45) is -1.59. The number of nitrogens with zero attached hydrogens (tertiary/aromatic N) is 2. The van der Waals surface area contributed by atoms with E-state index in [-0.39, 0.29) is 5.82 Å². The summed E-state index contributed by atoms with van der Waals surface area (Å²) in [5.41, 5.74) is -1.26. The molecule has 0 fully saturated rings. The number of aromatic nitrogens is 2. The van der Waals surface area contributed by atoms with E-state index in [1.807, 2.05) is 0 Å². The Morgan fingerprint density at radius 2 is 2.29 bits per heavy atom. The Bertz CT molecular complexity index is 355. The highest BCUT2D eigenvalue weighted by molar-refractivity contribution is 5.88. The van der Waals surface area contributed by atoms with E-state index in [1.165, 1.54) is 0 Å². The maximum absolute atomic E-state index is 12.4. The minimum absolute atomic E-state index is 0.213. The summed E-state index contributed by atoms with van der Waals surface area (Å²) in [5.74, 6) is -1.23. The largest absolute Gasteiger partial charge is 0.478 e. The fourth-order valence-corrected chi connectivity index (χ4v) is 0.935. The maximum Gasteiger partial charge on any atom is 0.339 e. The lowest BCUT2D eigenvalue weighted by molar-refractivity contribution is 0.0681. The first-order chi connectivity index (χ1) is 6.56. The molecule has 0 bridgehead atoms. The summed E-state index contributed by atoms with van der Waals surface area (Å²) in [6.45, 7) is 1.70. The van der Waals surface area contributed by atoms with Gasteiger partial charge in [-0.05, 0) is 0 Å². The van der Waals surface area contributed by atoms with Crippen LogP contribution in [-0.4, -0.2) is 21.0 Å². The molecular weight excluding hydrogens is 194 g/mol. The Morgan fingerprint density at radius 3 is 2.71 bits per heavy atom. The van der Waals surface area contributed by atoms with Crippen LogP contribution in [0.1, 0.15) is 35.2 Å². The molecule has 14 heavy (non-hydrogen) atoms. The van der Waals surface area contributed by atoms with Crippen LogP contribution in [0.2, 0.25) is 0 Å². The van der Waals surface area contributed by atoms with Gasteiger partial charge in [-0.25, -0.2) is 23.5 Å². The van der Waals surface area contributed by atoms with Crippen LogP contribution in [0.3, 0.4) is 0 Å². The molecule has 0 spiro atoms. The third-order valence-corrected chi connectivity index (χ3v) is 1.62. The molecule has 6 heteroatoms. The van der Waals surface area contributed by atoms with E-state index in [0.717, 1.165) is 6.20 Å². The zero-order valence-corrected chi connectivity index (χ0v) is 7.37. The lowest BCUT2D eigenvalue weighted by Gasteiger charge is -2.04. The molecule has 0 radical (unpaired) electrons. The molecule has 0 atom stereocenters. The minimum Gasteiger partial charge on any atom is -0.478 e. The van der Waals surface area contributed by atoms with Crippen molar-refractivity contribution in [2.24, 2.45) is 0 Å². The standard InChI is InChI=1S/C8H8F2N2O2/c1-2-5-11-3-4(8(13)14)6(12-5)7(9)10/h3,7H,2H2,1H3,(H,13,14). The first-order valence-corrected chi connectivity index (χ1v) is 3.93. The molecule has 0 saturated carbocycles. The average Bonchev–Trinajstić information content (AvgIpc) is 2.16. The second-order valence-electron chi connectivity index (χ2n) is 2.54. The summed E-state index contributed by atoms with van der Waals surface area (Å²) < 4.78 is 24.7. The normalized spacial score (nSPS) is 10.6. The highest BCUT2D eigenvalue weighted by atomic mass is 19.3. The van der Waals surface area contributed by atoms with Crippen LogP contribution >= 0.6 is 0 Å². The maximum atomic E-state index is 12.4. The zero-order chi connectivity index (χ0) is 10.7. The first kappa shape index (κ1) is 10.5. The van der Waals surface area contributed by atoms with E-state index >= 15 is 0 Å². The van der Waals surface area contributed by atoms with Crippen molar-refractivity contribution in [2.75, 3.05) is 0 Å². The van der Waals surface area contributed by atoms with Crippen molar-refractivity contribution in [3.8, 4) is 0 Å². The molecule has 1 heterocycles. The molecule has 1 aromatic heterocycles. The predicted octanol–water partition coefficient (Wildman–Crippen LogP) is 1.67. The first-order valence-electron chi connectivity index (χ1n) is 3.93. The summed E-state index contributed by atoms with van der Waals surface area (Å²) in [5, 5.41) is 8.56. The van der Waals surface area contributed by atoms with Gasteiger partial charge in [-0.2, -0.15) is 0 Å².